The SMILES string of the molecule is Cc1nc(NCC2CCCCN2c2ccc(=O)n(C)n2)c2cccnc2n1. The minimum absolute atomic E-state index is 0.0964. The van der Waals surface area contributed by atoms with Gasteiger partial charge >= 0.3 is 0 Å². The predicted octanol–water partition coefficient (Wildman–Crippen LogP) is 1.90. The molecule has 0 aliphatic carbocycles. The first-order valence-corrected chi connectivity index (χ1v) is 9.26. The molecule has 0 aromatic carbocycles. The number of nitrogens with one attached hydrogen (secondary N) is 1. The monoisotopic (exact) mass is 365 g/mol. The zero-order valence-electron chi connectivity index (χ0n) is 15.6. The second kappa shape index (κ2) is 7.30. The van der Waals surface area contributed by atoms with Gasteiger partial charge in [0.15, 0.2) is 5.65 Å². The van der Waals surface area contributed by atoms with E-state index in [0.29, 0.717) is 11.5 Å². The molecule has 1 aliphatic rings. The number of aryl methyl sites for hydroxylation is 2. The van der Waals surface area contributed by atoms with Crippen molar-refractivity contribution in [2.24, 2.45) is 7.05 Å². The van der Waals surface area contributed by atoms with E-state index in [0.717, 1.165) is 43.0 Å². The normalized spacial score (nSPS) is 17.3. The Morgan fingerprint density at radius 1 is 1.22 bits per heavy atom. The Labute approximate surface area is 157 Å². The summed E-state index contributed by atoms with van der Waals surface area (Å²) in [4.78, 5) is 27.2. The number of hydrogen-bond donors (Lipinski definition) is 1. The van der Waals surface area contributed by atoms with E-state index >= 15 is 0 Å². The molecule has 0 radical (unpaired) electrons. The van der Waals surface area contributed by atoms with Gasteiger partial charge in [-0.3, -0.25) is 4.79 Å². The predicted molar refractivity (Wildman–Crippen MR) is 105 cm³/mol. The number of aromatic nitrogens is 5. The highest BCUT2D eigenvalue weighted by Gasteiger charge is 2.24. The van der Waals surface area contributed by atoms with Crippen LogP contribution in [0.2, 0.25) is 0 Å². The average molecular weight is 365 g/mol. The van der Waals surface area contributed by atoms with Crippen molar-refractivity contribution >= 4 is 22.7 Å². The van der Waals surface area contributed by atoms with Gasteiger partial charge < -0.3 is 10.2 Å². The molecule has 0 spiro atoms. The van der Waals surface area contributed by atoms with Crippen LogP contribution in [-0.2, 0) is 7.05 Å². The van der Waals surface area contributed by atoms with Crippen molar-refractivity contribution in [3.05, 3.63) is 46.6 Å². The largest absolute Gasteiger partial charge is 0.367 e. The fourth-order valence-electron chi connectivity index (χ4n) is 3.58. The second-order valence-corrected chi connectivity index (χ2v) is 6.87. The van der Waals surface area contributed by atoms with Gasteiger partial charge in [-0.1, -0.05) is 0 Å². The molecule has 0 saturated carbocycles. The molecule has 1 aliphatic heterocycles. The molecule has 0 bridgehead atoms. The summed E-state index contributed by atoms with van der Waals surface area (Å²) in [6.07, 6.45) is 5.12. The Morgan fingerprint density at radius 3 is 2.96 bits per heavy atom. The third kappa shape index (κ3) is 3.60. The third-order valence-corrected chi connectivity index (χ3v) is 4.96. The summed E-state index contributed by atoms with van der Waals surface area (Å²) >= 11 is 0. The second-order valence-electron chi connectivity index (χ2n) is 6.87. The van der Waals surface area contributed by atoms with Gasteiger partial charge in [-0.2, -0.15) is 5.10 Å². The molecule has 0 amide bonds. The number of pyridine rings is 1. The number of fused-ring (bicyclic) bond motifs is 1. The molecule has 1 N–H and O–H groups in total. The molecule has 140 valence electrons. The van der Waals surface area contributed by atoms with Crippen molar-refractivity contribution < 1.29 is 0 Å². The van der Waals surface area contributed by atoms with Gasteiger partial charge in [0, 0.05) is 38.4 Å². The van der Waals surface area contributed by atoms with E-state index in [-0.39, 0.29) is 11.6 Å². The van der Waals surface area contributed by atoms with E-state index in [1.165, 1.54) is 11.1 Å². The first-order chi connectivity index (χ1) is 13.1. The van der Waals surface area contributed by atoms with Gasteiger partial charge in [-0.15, -0.1) is 0 Å². The first-order valence-electron chi connectivity index (χ1n) is 9.26. The lowest BCUT2D eigenvalue weighted by atomic mass is 10.0. The number of rotatable bonds is 4. The summed E-state index contributed by atoms with van der Waals surface area (Å²) in [7, 11) is 1.69. The lowest BCUT2D eigenvalue weighted by molar-refractivity contribution is 0.464. The lowest BCUT2D eigenvalue weighted by Crippen LogP contribution is -2.45. The van der Waals surface area contributed by atoms with Crippen molar-refractivity contribution in [3.8, 4) is 0 Å². The maximum atomic E-state index is 11.7. The van der Waals surface area contributed by atoms with Crippen LogP contribution in [-0.4, -0.2) is 43.9 Å². The molecule has 4 rings (SSSR count). The van der Waals surface area contributed by atoms with Crippen LogP contribution in [0.15, 0.2) is 35.3 Å². The summed E-state index contributed by atoms with van der Waals surface area (Å²) in [5.41, 5.74) is 0.605. The molecule has 8 nitrogen and oxygen atoms in total. The molecule has 4 heterocycles. The van der Waals surface area contributed by atoms with Gasteiger partial charge in [0.25, 0.3) is 5.56 Å². The van der Waals surface area contributed by atoms with Crippen molar-refractivity contribution in [1.82, 2.24) is 24.7 Å². The maximum Gasteiger partial charge on any atom is 0.266 e. The fourth-order valence-corrected chi connectivity index (χ4v) is 3.58. The Bertz CT molecular complexity index is 1020. The zero-order chi connectivity index (χ0) is 18.8. The van der Waals surface area contributed by atoms with E-state index in [4.69, 9.17) is 0 Å². The van der Waals surface area contributed by atoms with Crippen molar-refractivity contribution in [3.63, 3.8) is 0 Å². The summed E-state index contributed by atoms with van der Waals surface area (Å²) < 4.78 is 1.39. The standard InChI is InChI=1S/C19H23N7O/c1-13-22-18-15(7-5-10-20-18)19(23-13)21-12-14-6-3-4-11-26(14)16-8-9-17(27)25(2)24-16/h5,7-10,14H,3-4,6,11-12H2,1-2H3,(H,20,21,22,23). The highest BCUT2D eigenvalue weighted by atomic mass is 16.1. The van der Waals surface area contributed by atoms with Gasteiger partial charge in [-0.25, -0.2) is 19.6 Å². The number of hydrogen-bond acceptors (Lipinski definition) is 7. The van der Waals surface area contributed by atoms with E-state index in [1.807, 2.05) is 25.1 Å². The summed E-state index contributed by atoms with van der Waals surface area (Å²) in [6, 6.07) is 7.55. The third-order valence-electron chi connectivity index (χ3n) is 4.96. The molecule has 8 heteroatoms. The molecule has 1 saturated heterocycles. The molecule has 27 heavy (non-hydrogen) atoms. The van der Waals surface area contributed by atoms with Crippen molar-refractivity contribution in [2.75, 3.05) is 23.3 Å². The quantitative estimate of drug-likeness (QED) is 0.755. The van der Waals surface area contributed by atoms with Gasteiger partial charge in [0.2, 0.25) is 0 Å². The van der Waals surface area contributed by atoms with Crippen LogP contribution in [0.1, 0.15) is 25.1 Å². The van der Waals surface area contributed by atoms with Gasteiger partial charge in [0.05, 0.1) is 5.39 Å². The molecular formula is C19H23N7O. The van der Waals surface area contributed by atoms with E-state index in [9.17, 15) is 4.79 Å². The number of nitrogens with zero attached hydrogens (tertiary/aromatic N) is 6. The Balaban J connectivity index is 1.57. The zero-order valence-corrected chi connectivity index (χ0v) is 15.6. The molecule has 3 aromatic rings. The van der Waals surface area contributed by atoms with Gasteiger partial charge in [-0.05, 0) is 44.4 Å². The number of piperidine rings is 1. The molecule has 1 fully saturated rings. The summed E-state index contributed by atoms with van der Waals surface area (Å²) in [5.74, 6) is 2.35. The van der Waals surface area contributed by atoms with Crippen LogP contribution in [0, 0.1) is 6.92 Å². The maximum absolute atomic E-state index is 11.7. The van der Waals surface area contributed by atoms with Crippen LogP contribution < -0.4 is 15.8 Å². The Morgan fingerprint density at radius 2 is 2.11 bits per heavy atom. The topological polar surface area (TPSA) is 88.8 Å². The summed E-state index contributed by atoms with van der Waals surface area (Å²) in [6.45, 7) is 3.55. The minimum Gasteiger partial charge on any atom is -0.367 e. The van der Waals surface area contributed by atoms with Crippen molar-refractivity contribution in [2.45, 2.75) is 32.2 Å². The van der Waals surface area contributed by atoms with E-state index in [1.54, 1.807) is 19.3 Å². The van der Waals surface area contributed by atoms with Crippen LogP contribution in [0.3, 0.4) is 0 Å². The Hall–Kier alpha value is -3.03. The highest BCUT2D eigenvalue weighted by molar-refractivity contribution is 5.86. The molecule has 3 aromatic heterocycles. The molecule has 1 atom stereocenters. The van der Waals surface area contributed by atoms with E-state index < -0.39 is 0 Å². The van der Waals surface area contributed by atoms with Crippen LogP contribution in [0.25, 0.3) is 11.0 Å². The van der Waals surface area contributed by atoms with Crippen LogP contribution in [0.4, 0.5) is 11.6 Å². The highest BCUT2D eigenvalue weighted by Crippen LogP contribution is 2.24. The summed E-state index contributed by atoms with van der Waals surface area (Å²) in [5, 5.41) is 8.85. The first kappa shape index (κ1) is 17.4. The minimum atomic E-state index is -0.0964. The Kier molecular flexibility index (Phi) is 4.70. The molecule has 1 unspecified atom stereocenters. The smallest absolute Gasteiger partial charge is 0.266 e. The lowest BCUT2D eigenvalue weighted by Gasteiger charge is -2.36. The van der Waals surface area contributed by atoms with E-state index in [2.05, 4.69) is 30.3 Å². The molecular weight excluding hydrogens is 342 g/mol. The van der Waals surface area contributed by atoms with Crippen LogP contribution in [0.5, 0.6) is 0 Å². The van der Waals surface area contributed by atoms with Crippen LogP contribution >= 0.6 is 0 Å². The van der Waals surface area contributed by atoms with Crippen molar-refractivity contribution in [1.29, 1.82) is 0 Å². The number of anilines is 2. The van der Waals surface area contributed by atoms with Gasteiger partial charge in [0.1, 0.15) is 17.5 Å². The average Bonchev–Trinajstić information content (AvgIpc) is 2.68. The fraction of sp³-hybridized carbons (Fsp3) is 0.421.